The highest BCUT2D eigenvalue weighted by Gasteiger charge is 2.09. The first-order valence-electron chi connectivity index (χ1n) is 5.93. The van der Waals surface area contributed by atoms with Crippen LogP contribution in [0.25, 0.3) is 0 Å². The van der Waals surface area contributed by atoms with Gasteiger partial charge in [0, 0.05) is 18.0 Å². The molecule has 0 heterocycles. The summed E-state index contributed by atoms with van der Waals surface area (Å²) in [7, 11) is 0. The zero-order valence-electron chi connectivity index (χ0n) is 11.0. The fourth-order valence-corrected chi connectivity index (χ4v) is 1.94. The molecule has 1 atom stereocenters. The molecule has 0 bridgehead atoms. The molecule has 1 unspecified atom stereocenters. The molecular weight excluding hydrogens is 224 g/mol. The monoisotopic (exact) mass is 250 g/mol. The molecule has 3 nitrogen and oxygen atoms in total. The smallest absolute Gasteiger partial charge is 0.101 e. The van der Waals surface area contributed by atoms with Crippen molar-refractivity contribution >= 4 is 11.8 Å². The van der Waals surface area contributed by atoms with Gasteiger partial charge in [0.2, 0.25) is 0 Å². The van der Waals surface area contributed by atoms with Crippen molar-refractivity contribution < 1.29 is 14.6 Å². The van der Waals surface area contributed by atoms with E-state index in [-0.39, 0.29) is 0 Å². The molecular formula is C12H26O3S. The fourth-order valence-electron chi connectivity index (χ4n) is 1.06. The summed E-state index contributed by atoms with van der Waals surface area (Å²) >= 11 is 1.94. The minimum Gasteiger partial charge on any atom is -0.388 e. The normalized spacial score (nSPS) is 14.1. The lowest BCUT2D eigenvalue weighted by molar-refractivity contribution is -0.0157. The number of aliphatic hydroxyl groups is 1. The molecule has 0 rings (SSSR count). The van der Waals surface area contributed by atoms with Crippen molar-refractivity contribution in [3.8, 4) is 0 Å². The Morgan fingerprint density at radius 3 is 2.38 bits per heavy atom. The number of rotatable bonds is 9. The lowest BCUT2D eigenvalue weighted by Gasteiger charge is -2.17. The molecule has 0 saturated heterocycles. The highest BCUT2D eigenvalue weighted by Crippen LogP contribution is 2.23. The molecule has 0 aromatic carbocycles. The van der Waals surface area contributed by atoms with Crippen LogP contribution in [0.5, 0.6) is 0 Å². The minimum atomic E-state index is -0.491. The van der Waals surface area contributed by atoms with Gasteiger partial charge >= 0.3 is 0 Å². The Morgan fingerprint density at radius 1 is 1.19 bits per heavy atom. The van der Waals surface area contributed by atoms with E-state index in [1.165, 1.54) is 0 Å². The molecule has 0 aromatic rings. The second-order valence-electron chi connectivity index (χ2n) is 4.70. The zero-order valence-corrected chi connectivity index (χ0v) is 11.8. The van der Waals surface area contributed by atoms with Crippen molar-refractivity contribution in [3.63, 3.8) is 0 Å². The Kier molecular flexibility index (Phi) is 9.41. The third-order valence-corrected chi connectivity index (χ3v) is 3.15. The summed E-state index contributed by atoms with van der Waals surface area (Å²) in [5, 5.41) is 9.41. The summed E-state index contributed by atoms with van der Waals surface area (Å²) in [5.41, 5.74) is 0. The number of hydrogen-bond acceptors (Lipinski definition) is 4. The zero-order chi connectivity index (χ0) is 12.4. The molecule has 0 fully saturated rings. The molecule has 0 spiro atoms. The Hall–Kier alpha value is 0.230. The number of ether oxygens (including phenoxy) is 2. The lowest BCUT2D eigenvalue weighted by atomic mass is 10.3. The molecule has 0 aliphatic rings. The van der Waals surface area contributed by atoms with Crippen molar-refractivity contribution in [2.24, 2.45) is 0 Å². The second kappa shape index (κ2) is 9.28. The Bertz CT molecular complexity index is 157. The van der Waals surface area contributed by atoms with Crippen LogP contribution in [0.4, 0.5) is 0 Å². The Balaban J connectivity index is 3.20. The standard InChI is InChI=1S/C12H26O3S/c1-5-14-9-11(13)10-15-7-6-8-16-12(2,3)4/h11,13H,5-10H2,1-4H3. The summed E-state index contributed by atoms with van der Waals surface area (Å²) in [4.78, 5) is 0. The molecule has 1 N–H and O–H groups in total. The third kappa shape index (κ3) is 12.3. The largest absolute Gasteiger partial charge is 0.388 e. The summed E-state index contributed by atoms with van der Waals surface area (Å²) in [6.07, 6.45) is 0.541. The molecule has 98 valence electrons. The summed E-state index contributed by atoms with van der Waals surface area (Å²) < 4.78 is 10.8. The van der Waals surface area contributed by atoms with Crippen LogP contribution < -0.4 is 0 Å². The van der Waals surface area contributed by atoms with Crippen LogP contribution in [0.3, 0.4) is 0 Å². The molecule has 0 radical (unpaired) electrons. The number of hydrogen-bond donors (Lipinski definition) is 1. The van der Waals surface area contributed by atoms with Crippen molar-refractivity contribution in [2.45, 2.75) is 45.0 Å². The van der Waals surface area contributed by atoms with E-state index < -0.39 is 6.10 Å². The molecule has 0 amide bonds. The first-order valence-corrected chi connectivity index (χ1v) is 6.91. The van der Waals surface area contributed by atoms with Crippen LogP contribution in [0.2, 0.25) is 0 Å². The average Bonchev–Trinajstić information content (AvgIpc) is 2.18. The van der Waals surface area contributed by atoms with E-state index in [0.717, 1.165) is 12.2 Å². The molecule has 0 saturated carbocycles. The molecule has 0 aliphatic heterocycles. The van der Waals surface area contributed by atoms with Crippen molar-refractivity contribution in [3.05, 3.63) is 0 Å². The van der Waals surface area contributed by atoms with E-state index in [9.17, 15) is 5.11 Å². The first kappa shape index (κ1) is 16.2. The minimum absolute atomic E-state index is 0.328. The van der Waals surface area contributed by atoms with E-state index in [1.807, 2.05) is 18.7 Å². The average molecular weight is 250 g/mol. The summed E-state index contributed by atoms with van der Waals surface area (Å²) in [6, 6.07) is 0. The van der Waals surface area contributed by atoms with E-state index >= 15 is 0 Å². The van der Waals surface area contributed by atoms with Crippen molar-refractivity contribution in [1.82, 2.24) is 0 Å². The molecule has 4 heteroatoms. The van der Waals surface area contributed by atoms with Gasteiger partial charge in [-0.05, 0) is 19.1 Å². The predicted molar refractivity (Wildman–Crippen MR) is 70.1 cm³/mol. The van der Waals surface area contributed by atoms with Crippen LogP contribution in [-0.4, -0.2) is 48.1 Å². The highest BCUT2D eigenvalue weighted by molar-refractivity contribution is 8.00. The molecule has 0 aliphatic carbocycles. The van der Waals surface area contributed by atoms with Gasteiger partial charge in [0.25, 0.3) is 0 Å². The predicted octanol–water partition coefficient (Wildman–Crippen LogP) is 2.32. The van der Waals surface area contributed by atoms with Gasteiger partial charge in [-0.1, -0.05) is 20.8 Å². The maximum Gasteiger partial charge on any atom is 0.101 e. The Labute approximate surface area is 104 Å². The maximum absolute atomic E-state index is 9.41. The third-order valence-electron chi connectivity index (χ3n) is 1.79. The molecule has 0 aromatic heterocycles. The molecule has 16 heavy (non-hydrogen) atoms. The van der Waals surface area contributed by atoms with Gasteiger partial charge in [-0.15, -0.1) is 0 Å². The van der Waals surface area contributed by atoms with Crippen LogP contribution >= 0.6 is 11.8 Å². The lowest BCUT2D eigenvalue weighted by Crippen LogP contribution is -2.22. The van der Waals surface area contributed by atoms with Gasteiger partial charge in [-0.2, -0.15) is 11.8 Å². The van der Waals surface area contributed by atoms with E-state index in [1.54, 1.807) is 0 Å². The van der Waals surface area contributed by atoms with Gasteiger partial charge < -0.3 is 14.6 Å². The Morgan fingerprint density at radius 2 is 1.81 bits per heavy atom. The second-order valence-corrected chi connectivity index (χ2v) is 6.62. The van der Waals surface area contributed by atoms with Crippen LogP contribution in [0, 0.1) is 0 Å². The fraction of sp³-hybridized carbons (Fsp3) is 1.00. The topological polar surface area (TPSA) is 38.7 Å². The van der Waals surface area contributed by atoms with E-state index in [4.69, 9.17) is 9.47 Å². The quantitative estimate of drug-likeness (QED) is 0.637. The number of aliphatic hydroxyl groups excluding tert-OH is 1. The van der Waals surface area contributed by atoms with E-state index in [2.05, 4.69) is 20.8 Å². The van der Waals surface area contributed by atoms with Gasteiger partial charge in [0.15, 0.2) is 0 Å². The van der Waals surface area contributed by atoms with Crippen LogP contribution in [0.1, 0.15) is 34.1 Å². The van der Waals surface area contributed by atoms with Crippen molar-refractivity contribution in [2.75, 3.05) is 32.2 Å². The summed E-state index contributed by atoms with van der Waals surface area (Å²) in [6.45, 7) is 10.6. The first-order chi connectivity index (χ1) is 7.45. The maximum atomic E-state index is 9.41. The van der Waals surface area contributed by atoms with E-state index in [0.29, 0.717) is 31.2 Å². The number of thioether (sulfide) groups is 1. The van der Waals surface area contributed by atoms with Crippen molar-refractivity contribution in [1.29, 1.82) is 0 Å². The van der Waals surface area contributed by atoms with Gasteiger partial charge in [0.1, 0.15) is 6.10 Å². The van der Waals surface area contributed by atoms with Gasteiger partial charge in [-0.3, -0.25) is 0 Å². The van der Waals surface area contributed by atoms with Crippen LogP contribution in [0.15, 0.2) is 0 Å². The SMILES string of the molecule is CCOCC(O)COCCCSC(C)(C)C. The van der Waals surface area contributed by atoms with Gasteiger partial charge in [-0.25, -0.2) is 0 Å². The van der Waals surface area contributed by atoms with Gasteiger partial charge in [0.05, 0.1) is 13.2 Å². The van der Waals surface area contributed by atoms with Crippen LogP contribution in [-0.2, 0) is 9.47 Å². The highest BCUT2D eigenvalue weighted by atomic mass is 32.2. The summed E-state index contributed by atoms with van der Waals surface area (Å²) in [5.74, 6) is 1.10.